The lowest BCUT2D eigenvalue weighted by Crippen LogP contribution is -1.97. The van der Waals surface area contributed by atoms with Crippen LogP contribution in [0.15, 0.2) is 16.6 Å². The van der Waals surface area contributed by atoms with E-state index in [-0.39, 0.29) is 0 Å². The molecule has 0 aliphatic heterocycles. The average Bonchev–Trinajstić information content (AvgIpc) is 2.25. The van der Waals surface area contributed by atoms with Crippen molar-refractivity contribution < 1.29 is 4.74 Å². The number of ether oxygens (including phenoxy) is 1. The van der Waals surface area contributed by atoms with Crippen LogP contribution in [0, 0.1) is 11.3 Å². The summed E-state index contributed by atoms with van der Waals surface area (Å²) in [6.07, 6.45) is 2.22. The molecule has 0 saturated carbocycles. The van der Waals surface area contributed by atoms with Gasteiger partial charge in [0.05, 0.1) is 22.7 Å². The highest BCUT2D eigenvalue weighted by Crippen LogP contribution is 2.34. The Morgan fingerprint density at radius 3 is 2.69 bits per heavy atom. The highest BCUT2D eigenvalue weighted by molar-refractivity contribution is 9.10. The van der Waals surface area contributed by atoms with E-state index in [0.717, 1.165) is 17.3 Å². The van der Waals surface area contributed by atoms with Crippen molar-refractivity contribution in [1.82, 2.24) is 0 Å². The van der Waals surface area contributed by atoms with Crippen LogP contribution in [0.5, 0.6) is 5.75 Å². The zero-order valence-corrected chi connectivity index (χ0v) is 11.6. The van der Waals surface area contributed by atoms with Crippen LogP contribution >= 0.6 is 39.1 Å². The first-order valence-electron chi connectivity index (χ1n) is 4.79. The molecule has 16 heavy (non-hydrogen) atoms. The molecule has 0 radical (unpaired) electrons. The molecule has 0 spiro atoms. The number of hydrogen-bond donors (Lipinski definition) is 0. The summed E-state index contributed by atoms with van der Waals surface area (Å²) in [6, 6.07) is 5.47. The molecular weight excluding hydrogens is 313 g/mol. The Labute approximate surface area is 113 Å². The van der Waals surface area contributed by atoms with Crippen molar-refractivity contribution in [1.29, 1.82) is 5.26 Å². The Bertz CT molecular complexity index is 404. The Morgan fingerprint density at radius 1 is 1.25 bits per heavy atom. The lowest BCUT2D eigenvalue weighted by Gasteiger charge is -2.08. The minimum atomic E-state index is 0.525. The van der Waals surface area contributed by atoms with Gasteiger partial charge in [-0.1, -0.05) is 23.2 Å². The maximum Gasteiger partial charge on any atom is 0.139 e. The third-order valence-electron chi connectivity index (χ3n) is 1.92. The van der Waals surface area contributed by atoms with Crippen molar-refractivity contribution >= 4 is 39.1 Å². The summed E-state index contributed by atoms with van der Waals surface area (Å²) in [5.41, 5.74) is 0. The maximum absolute atomic E-state index is 8.36. The van der Waals surface area contributed by atoms with Crippen LogP contribution in [0.25, 0.3) is 0 Å². The van der Waals surface area contributed by atoms with Crippen LogP contribution in [0.3, 0.4) is 0 Å². The van der Waals surface area contributed by atoms with Crippen LogP contribution in [0.2, 0.25) is 10.0 Å². The number of benzene rings is 1. The molecule has 0 aliphatic carbocycles. The molecule has 1 aromatic rings. The highest BCUT2D eigenvalue weighted by atomic mass is 79.9. The molecule has 0 bridgehead atoms. The van der Waals surface area contributed by atoms with E-state index in [1.807, 2.05) is 0 Å². The largest absolute Gasteiger partial charge is 0.492 e. The number of unbranched alkanes of at least 4 members (excludes halogenated alkanes) is 2. The van der Waals surface area contributed by atoms with Gasteiger partial charge >= 0.3 is 0 Å². The zero-order valence-electron chi connectivity index (χ0n) is 8.47. The average molecular weight is 323 g/mol. The van der Waals surface area contributed by atoms with Gasteiger partial charge in [0.15, 0.2) is 0 Å². The van der Waals surface area contributed by atoms with Crippen LogP contribution < -0.4 is 4.74 Å². The van der Waals surface area contributed by atoms with E-state index in [0.29, 0.717) is 28.8 Å². The predicted octanol–water partition coefficient (Wildman–Crippen LogP) is 4.83. The van der Waals surface area contributed by atoms with Gasteiger partial charge in [-0.3, -0.25) is 0 Å². The van der Waals surface area contributed by atoms with Gasteiger partial charge in [-0.05, 0) is 34.8 Å². The van der Waals surface area contributed by atoms with Gasteiger partial charge in [-0.2, -0.15) is 5.26 Å². The Morgan fingerprint density at radius 2 is 2.00 bits per heavy atom. The molecule has 0 aromatic heterocycles. The first-order chi connectivity index (χ1) is 7.65. The van der Waals surface area contributed by atoms with E-state index in [9.17, 15) is 0 Å². The highest BCUT2D eigenvalue weighted by Gasteiger charge is 2.06. The summed E-state index contributed by atoms with van der Waals surface area (Å²) in [4.78, 5) is 0. The number of halogens is 3. The van der Waals surface area contributed by atoms with Crippen LogP contribution in [-0.4, -0.2) is 6.61 Å². The SMILES string of the molecule is N#CCCCCOc1cc(Cl)c(Br)cc1Cl. The quantitative estimate of drug-likeness (QED) is 0.574. The second kappa shape index (κ2) is 7.01. The topological polar surface area (TPSA) is 33.0 Å². The summed E-state index contributed by atoms with van der Waals surface area (Å²) < 4.78 is 6.22. The van der Waals surface area contributed by atoms with Crippen molar-refractivity contribution in [2.24, 2.45) is 0 Å². The fourth-order valence-corrected chi connectivity index (χ4v) is 1.95. The van der Waals surface area contributed by atoms with Gasteiger partial charge in [0, 0.05) is 17.0 Å². The van der Waals surface area contributed by atoms with Crippen molar-refractivity contribution in [2.75, 3.05) is 6.61 Å². The number of hydrogen-bond acceptors (Lipinski definition) is 2. The van der Waals surface area contributed by atoms with Gasteiger partial charge in [0.2, 0.25) is 0 Å². The van der Waals surface area contributed by atoms with E-state index in [2.05, 4.69) is 22.0 Å². The fourth-order valence-electron chi connectivity index (χ4n) is 1.10. The molecule has 1 rings (SSSR count). The molecule has 0 fully saturated rings. The van der Waals surface area contributed by atoms with E-state index in [1.54, 1.807) is 12.1 Å². The standard InChI is InChI=1S/C11H10BrCl2NO/c12-8-6-10(14)11(7-9(8)13)16-5-3-1-2-4-15/h6-7H,1-3,5H2. The molecule has 0 aliphatic rings. The van der Waals surface area contributed by atoms with E-state index < -0.39 is 0 Å². The van der Waals surface area contributed by atoms with Gasteiger partial charge < -0.3 is 4.74 Å². The summed E-state index contributed by atoms with van der Waals surface area (Å²) in [7, 11) is 0. The molecule has 0 N–H and O–H groups in total. The summed E-state index contributed by atoms with van der Waals surface area (Å²) >= 11 is 15.2. The van der Waals surface area contributed by atoms with Gasteiger partial charge in [0.25, 0.3) is 0 Å². The smallest absolute Gasteiger partial charge is 0.139 e. The second-order valence-electron chi connectivity index (χ2n) is 3.16. The maximum atomic E-state index is 8.36. The third-order valence-corrected chi connectivity index (χ3v) is 3.41. The van der Waals surface area contributed by atoms with Crippen molar-refractivity contribution in [3.8, 4) is 11.8 Å². The van der Waals surface area contributed by atoms with Crippen molar-refractivity contribution in [2.45, 2.75) is 19.3 Å². The van der Waals surface area contributed by atoms with E-state index in [4.69, 9.17) is 33.2 Å². The Kier molecular flexibility index (Phi) is 5.97. The van der Waals surface area contributed by atoms with Crippen LogP contribution in [0.4, 0.5) is 0 Å². The molecule has 2 nitrogen and oxygen atoms in total. The minimum Gasteiger partial charge on any atom is -0.492 e. The molecule has 0 heterocycles. The van der Waals surface area contributed by atoms with E-state index >= 15 is 0 Å². The lowest BCUT2D eigenvalue weighted by molar-refractivity contribution is 0.308. The van der Waals surface area contributed by atoms with Gasteiger partial charge in [-0.25, -0.2) is 0 Å². The molecule has 86 valence electrons. The first-order valence-corrected chi connectivity index (χ1v) is 6.34. The normalized spacial score (nSPS) is 9.88. The molecule has 0 unspecified atom stereocenters. The summed E-state index contributed by atoms with van der Waals surface area (Å²) in [5, 5.41) is 9.45. The van der Waals surface area contributed by atoms with Gasteiger partial charge in [0.1, 0.15) is 5.75 Å². The predicted molar refractivity (Wildman–Crippen MR) is 69.1 cm³/mol. The van der Waals surface area contributed by atoms with Gasteiger partial charge in [-0.15, -0.1) is 0 Å². The summed E-state index contributed by atoms with van der Waals surface area (Å²) in [6.45, 7) is 0.541. The molecule has 1 aromatic carbocycles. The van der Waals surface area contributed by atoms with Crippen LogP contribution in [-0.2, 0) is 0 Å². The van der Waals surface area contributed by atoms with Crippen molar-refractivity contribution in [3.05, 3.63) is 26.7 Å². The third kappa shape index (κ3) is 4.21. The number of nitriles is 1. The van der Waals surface area contributed by atoms with Crippen LogP contribution in [0.1, 0.15) is 19.3 Å². The lowest BCUT2D eigenvalue weighted by atomic mass is 10.2. The minimum absolute atomic E-state index is 0.525. The molecule has 5 heteroatoms. The second-order valence-corrected chi connectivity index (χ2v) is 4.83. The number of rotatable bonds is 5. The van der Waals surface area contributed by atoms with Crippen molar-refractivity contribution in [3.63, 3.8) is 0 Å². The Hall–Kier alpha value is -0.430. The monoisotopic (exact) mass is 321 g/mol. The van der Waals surface area contributed by atoms with E-state index in [1.165, 1.54) is 0 Å². The molecule has 0 amide bonds. The molecule has 0 saturated heterocycles. The molecule has 0 atom stereocenters. The first kappa shape index (κ1) is 13.6. The Balaban J connectivity index is 2.48. The fraction of sp³-hybridized carbons (Fsp3) is 0.364. The molecular formula is C11H10BrCl2NO. The summed E-state index contributed by atoms with van der Waals surface area (Å²) in [5.74, 6) is 0.576. The number of nitrogens with zero attached hydrogens (tertiary/aromatic N) is 1. The zero-order chi connectivity index (χ0) is 12.0.